The minimum absolute atomic E-state index is 0.0599. The van der Waals surface area contributed by atoms with Gasteiger partial charge in [-0.3, -0.25) is 9.97 Å². The van der Waals surface area contributed by atoms with E-state index in [4.69, 9.17) is 0 Å². The summed E-state index contributed by atoms with van der Waals surface area (Å²) in [4.78, 5) is 25.4. The second-order valence-corrected chi connectivity index (χ2v) is 6.93. The van der Waals surface area contributed by atoms with Gasteiger partial charge in [0.2, 0.25) is 11.8 Å². The van der Waals surface area contributed by atoms with Crippen molar-refractivity contribution in [3.63, 3.8) is 0 Å². The van der Waals surface area contributed by atoms with Crippen LogP contribution >= 0.6 is 0 Å². The summed E-state index contributed by atoms with van der Waals surface area (Å²) < 4.78 is 105. The van der Waals surface area contributed by atoms with Crippen LogP contribution in [-0.4, -0.2) is 34.9 Å². The highest BCUT2D eigenvalue weighted by atomic mass is 19.4. The van der Waals surface area contributed by atoms with Crippen LogP contribution in [0.25, 0.3) is 22.9 Å². The number of hydrogen-bond donors (Lipinski definition) is 1. The fourth-order valence-electron chi connectivity index (χ4n) is 2.79. The lowest BCUT2D eigenvalue weighted by Crippen LogP contribution is -2.12. The van der Waals surface area contributed by atoms with E-state index in [9.17, 15) is 35.1 Å². The molecule has 0 radical (unpaired) electrons. The molecule has 0 saturated heterocycles. The van der Waals surface area contributed by atoms with Crippen molar-refractivity contribution < 1.29 is 35.1 Å². The minimum atomic E-state index is -4.90. The van der Waals surface area contributed by atoms with Crippen molar-refractivity contribution in [3.05, 3.63) is 66.1 Å². The van der Waals surface area contributed by atoms with Gasteiger partial charge in [-0.15, -0.1) is 0 Å². The van der Waals surface area contributed by atoms with E-state index in [2.05, 4.69) is 40.2 Å². The Balaban J connectivity index is 1.83. The van der Waals surface area contributed by atoms with Crippen molar-refractivity contribution >= 4 is 11.6 Å². The largest absolute Gasteiger partial charge is 0.451 e. The van der Waals surface area contributed by atoms with Crippen molar-refractivity contribution in [2.75, 3.05) is 5.32 Å². The van der Waals surface area contributed by atoms with Crippen LogP contribution in [0.4, 0.5) is 46.8 Å². The second-order valence-electron chi connectivity index (χ2n) is 6.93. The van der Waals surface area contributed by atoms with Crippen LogP contribution in [0.5, 0.6) is 0 Å². The van der Waals surface area contributed by atoms with Crippen LogP contribution in [0.1, 0.15) is 23.5 Å². The Kier molecular flexibility index (Phi) is 6.43. The quantitative estimate of drug-likeness (QED) is 0.348. The van der Waals surface area contributed by atoms with Gasteiger partial charge in [-0.2, -0.15) is 36.3 Å². The fraction of sp³-hybridized carbons (Fsp3) is 0.150. The molecule has 0 aliphatic carbocycles. The fourth-order valence-corrected chi connectivity index (χ4v) is 2.79. The van der Waals surface area contributed by atoms with E-state index in [-0.39, 0.29) is 17.1 Å². The maximum absolute atomic E-state index is 13.1. The highest BCUT2D eigenvalue weighted by molar-refractivity contribution is 5.63. The summed E-state index contributed by atoms with van der Waals surface area (Å²) in [6.07, 6.45) is -8.87. The van der Waals surface area contributed by atoms with Crippen molar-refractivity contribution in [1.29, 1.82) is 0 Å². The molecule has 0 bridgehead atoms. The van der Waals surface area contributed by atoms with Crippen molar-refractivity contribution in [2.45, 2.75) is 18.8 Å². The van der Waals surface area contributed by atoms with E-state index in [0.29, 0.717) is 6.07 Å². The number of alkyl halides is 8. The molecule has 0 unspecified atom stereocenters. The van der Waals surface area contributed by atoms with Crippen LogP contribution in [0, 0.1) is 0 Å². The Labute approximate surface area is 195 Å². The molecule has 0 fully saturated rings. The Bertz CT molecular complexity index is 1390. The first-order chi connectivity index (χ1) is 16.9. The molecule has 0 aliphatic rings. The van der Waals surface area contributed by atoms with Gasteiger partial charge in [0.25, 0.3) is 6.43 Å². The molecular weight excluding hydrogens is 504 g/mol. The molecule has 1 N–H and O–H groups in total. The van der Waals surface area contributed by atoms with Gasteiger partial charge in [-0.05, 0) is 24.3 Å². The summed E-state index contributed by atoms with van der Waals surface area (Å²) in [6, 6.07) is 3.86. The zero-order valence-corrected chi connectivity index (χ0v) is 17.4. The Morgan fingerprint density at radius 3 is 2.17 bits per heavy atom. The number of anilines is 2. The van der Waals surface area contributed by atoms with Gasteiger partial charge in [-0.1, -0.05) is 0 Å². The summed E-state index contributed by atoms with van der Waals surface area (Å²) in [5.41, 5.74) is -2.36. The molecular formula is C20H10F8N8. The lowest BCUT2D eigenvalue weighted by molar-refractivity contribution is -0.145. The van der Waals surface area contributed by atoms with Crippen molar-refractivity contribution in [2.24, 2.45) is 0 Å². The number of nitrogens with zero attached hydrogens (tertiary/aromatic N) is 7. The van der Waals surface area contributed by atoms with E-state index >= 15 is 0 Å². The lowest BCUT2D eigenvalue weighted by Gasteiger charge is -2.12. The maximum Gasteiger partial charge on any atom is 0.451 e. The van der Waals surface area contributed by atoms with E-state index in [1.807, 2.05) is 0 Å². The minimum Gasteiger partial charge on any atom is -0.324 e. The predicted octanol–water partition coefficient (Wildman–Crippen LogP) is 5.50. The number of halogens is 8. The average Bonchev–Trinajstić information content (AvgIpc) is 2.83. The van der Waals surface area contributed by atoms with E-state index < -0.39 is 53.3 Å². The van der Waals surface area contributed by atoms with Gasteiger partial charge in [0, 0.05) is 41.6 Å². The van der Waals surface area contributed by atoms with Crippen molar-refractivity contribution in [1.82, 2.24) is 34.9 Å². The molecule has 4 aromatic rings. The van der Waals surface area contributed by atoms with Crippen LogP contribution in [0.2, 0.25) is 0 Å². The first-order valence-corrected chi connectivity index (χ1v) is 9.60. The van der Waals surface area contributed by atoms with E-state index in [1.54, 1.807) is 0 Å². The highest BCUT2D eigenvalue weighted by Crippen LogP contribution is 2.31. The van der Waals surface area contributed by atoms with Crippen LogP contribution < -0.4 is 5.32 Å². The molecule has 4 rings (SSSR count). The molecule has 0 amide bonds. The molecule has 0 spiro atoms. The average molecular weight is 514 g/mol. The summed E-state index contributed by atoms with van der Waals surface area (Å²) in [6.45, 7) is 0. The molecule has 8 nitrogen and oxygen atoms in total. The van der Waals surface area contributed by atoms with Crippen molar-refractivity contribution in [3.8, 4) is 22.9 Å². The number of nitrogens with one attached hydrogen (secondary N) is 1. The van der Waals surface area contributed by atoms with Gasteiger partial charge in [0.1, 0.15) is 11.4 Å². The zero-order valence-electron chi connectivity index (χ0n) is 17.4. The number of hydrogen-bond acceptors (Lipinski definition) is 8. The summed E-state index contributed by atoms with van der Waals surface area (Å²) in [5.74, 6) is -2.66. The first-order valence-electron chi connectivity index (χ1n) is 9.60. The normalized spacial score (nSPS) is 12.1. The second kappa shape index (κ2) is 9.35. The third kappa shape index (κ3) is 5.64. The smallest absolute Gasteiger partial charge is 0.324 e. The first kappa shape index (κ1) is 24.7. The molecule has 0 atom stereocenters. The predicted molar refractivity (Wildman–Crippen MR) is 107 cm³/mol. The van der Waals surface area contributed by atoms with Crippen LogP contribution in [-0.2, 0) is 12.4 Å². The number of rotatable bonds is 5. The number of pyridine rings is 2. The van der Waals surface area contributed by atoms with Gasteiger partial charge in [-0.25, -0.2) is 23.7 Å². The maximum atomic E-state index is 13.1. The Morgan fingerprint density at radius 2 is 1.47 bits per heavy atom. The third-order valence-electron chi connectivity index (χ3n) is 4.35. The third-order valence-corrected chi connectivity index (χ3v) is 4.35. The van der Waals surface area contributed by atoms with Gasteiger partial charge < -0.3 is 5.32 Å². The Hall–Kier alpha value is -4.37. The summed E-state index contributed by atoms with van der Waals surface area (Å²) in [7, 11) is 0. The summed E-state index contributed by atoms with van der Waals surface area (Å²) in [5, 5.41) is 2.48. The Morgan fingerprint density at radius 1 is 0.750 bits per heavy atom. The monoisotopic (exact) mass is 514 g/mol. The SMILES string of the molecule is FC(F)c1cncc(-c2nc(Nc3ccnc(C(F)(F)F)c3)nc(-c3ccnc(C(F)(F)F)n3)n2)c1. The standard InChI is InChI=1S/C20H10F8N8/c21-14(22)9-5-10(8-29-7-9)15-34-16(12-2-4-31-17(33-12)20(26,27)28)36-18(35-15)32-11-1-3-30-13(6-11)19(23,24)25/h1-8,14H,(H,30,32,34,35,36). The molecule has 0 saturated carbocycles. The summed E-state index contributed by atoms with van der Waals surface area (Å²) >= 11 is 0. The molecule has 36 heavy (non-hydrogen) atoms. The zero-order chi connectivity index (χ0) is 26.1. The van der Waals surface area contributed by atoms with E-state index in [0.717, 1.165) is 43.0 Å². The molecule has 4 aromatic heterocycles. The van der Waals surface area contributed by atoms with E-state index in [1.165, 1.54) is 0 Å². The van der Waals surface area contributed by atoms with Gasteiger partial charge in [0.15, 0.2) is 11.6 Å². The van der Waals surface area contributed by atoms with Crippen LogP contribution in [0.15, 0.2) is 49.1 Å². The topological polar surface area (TPSA) is 102 Å². The van der Waals surface area contributed by atoms with Crippen LogP contribution in [0.3, 0.4) is 0 Å². The van der Waals surface area contributed by atoms with Gasteiger partial charge in [0.05, 0.1) is 0 Å². The molecule has 0 aliphatic heterocycles. The molecule has 186 valence electrons. The number of aromatic nitrogens is 7. The molecule has 4 heterocycles. The molecule has 16 heteroatoms. The highest BCUT2D eigenvalue weighted by Gasteiger charge is 2.35. The van der Waals surface area contributed by atoms with Gasteiger partial charge >= 0.3 is 12.4 Å². The lowest BCUT2D eigenvalue weighted by atomic mass is 10.2. The molecule has 0 aromatic carbocycles.